The molecule has 0 aromatic heterocycles. The molecule has 0 aliphatic carbocycles. The Kier molecular flexibility index (Phi) is 7.08. The molecule has 1 fully saturated rings. The van der Waals surface area contributed by atoms with Gasteiger partial charge in [0.05, 0.1) is 6.21 Å². The normalized spacial score (nSPS) is 16.0. The molecule has 7 heteroatoms. The third-order valence-corrected chi connectivity index (χ3v) is 4.14. The van der Waals surface area contributed by atoms with Crippen molar-refractivity contribution in [2.45, 2.75) is 51.8 Å². The number of hydrogen-bond donors (Lipinski definition) is 0. The van der Waals surface area contributed by atoms with Crippen molar-refractivity contribution in [1.29, 1.82) is 0 Å². The summed E-state index contributed by atoms with van der Waals surface area (Å²) in [5.74, 6) is 0. The maximum atomic E-state index is 12.7. The van der Waals surface area contributed by atoms with E-state index in [1.54, 1.807) is 0 Å². The first-order valence-corrected chi connectivity index (χ1v) is 8.66. The average molecular weight is 369 g/mol. The summed E-state index contributed by atoms with van der Waals surface area (Å²) in [7, 11) is 0. The summed E-state index contributed by atoms with van der Waals surface area (Å²) in [4.78, 5) is 14.5. The summed E-state index contributed by atoms with van der Waals surface area (Å²) < 4.78 is 15.1. The Labute approximate surface area is 153 Å². The Balaban J connectivity index is 1.97. The molecule has 2 rings (SSSR count). The molecular formula is C18H25ClN2O4. The molecule has 1 amide bonds. The van der Waals surface area contributed by atoms with Crippen LogP contribution in [0.2, 0.25) is 0 Å². The van der Waals surface area contributed by atoms with Crippen molar-refractivity contribution in [1.82, 2.24) is 4.90 Å². The van der Waals surface area contributed by atoms with Gasteiger partial charge in [-0.15, -0.1) is 0 Å². The average Bonchev–Trinajstić information content (AvgIpc) is 2.59. The maximum Gasteiger partial charge on any atom is 0.410 e. The highest BCUT2D eigenvalue weighted by Crippen LogP contribution is 2.25. The van der Waals surface area contributed by atoms with E-state index in [-0.39, 0.29) is 24.3 Å². The van der Waals surface area contributed by atoms with Gasteiger partial charge >= 0.3 is 6.09 Å². The number of carbonyl (C=O) groups excluding carboxylic acids is 1. The highest BCUT2D eigenvalue weighted by molar-refractivity contribution is 6.07. The molecule has 1 saturated heterocycles. The van der Waals surface area contributed by atoms with Crippen molar-refractivity contribution in [3.63, 3.8) is 0 Å². The Hall–Kier alpha value is -1.79. The van der Waals surface area contributed by atoms with Crippen LogP contribution in [0.15, 0.2) is 29.4 Å². The van der Waals surface area contributed by atoms with Crippen LogP contribution in [0, 0.1) is 0 Å². The number of halogens is 1. The lowest BCUT2D eigenvalue weighted by Crippen LogP contribution is -2.53. The van der Waals surface area contributed by atoms with Crippen LogP contribution in [-0.2, 0) is 20.5 Å². The van der Waals surface area contributed by atoms with Crippen LogP contribution in [0.5, 0.6) is 0 Å². The molecule has 1 aliphatic rings. The van der Waals surface area contributed by atoms with Gasteiger partial charge in [-0.25, -0.2) is 4.79 Å². The van der Waals surface area contributed by atoms with E-state index in [0.717, 1.165) is 24.0 Å². The SMILES string of the molecule is CC(C)(C)N(C(=O)OCc1ccc(/C=N/OCl)cc1)C1CCOCC1. The van der Waals surface area contributed by atoms with E-state index >= 15 is 0 Å². The monoisotopic (exact) mass is 368 g/mol. The van der Waals surface area contributed by atoms with Crippen molar-refractivity contribution in [2.75, 3.05) is 13.2 Å². The number of rotatable bonds is 5. The Morgan fingerprint density at radius 2 is 1.96 bits per heavy atom. The second kappa shape index (κ2) is 9.06. The fraction of sp³-hybridized carbons (Fsp3) is 0.556. The smallest absolute Gasteiger partial charge is 0.410 e. The predicted octanol–water partition coefficient (Wildman–Crippen LogP) is 4.11. The first-order chi connectivity index (χ1) is 11.9. The van der Waals surface area contributed by atoms with Gasteiger partial charge in [0, 0.05) is 24.8 Å². The fourth-order valence-electron chi connectivity index (χ4n) is 2.91. The van der Waals surface area contributed by atoms with Gasteiger partial charge in [0.1, 0.15) is 6.61 Å². The topological polar surface area (TPSA) is 60.4 Å². The molecule has 1 aromatic rings. The van der Waals surface area contributed by atoms with Crippen LogP contribution >= 0.6 is 11.9 Å². The zero-order chi connectivity index (χ0) is 18.3. The van der Waals surface area contributed by atoms with Crippen molar-refractivity contribution in [2.24, 2.45) is 5.16 Å². The third kappa shape index (κ3) is 5.90. The first-order valence-electron chi connectivity index (χ1n) is 8.35. The molecule has 0 unspecified atom stereocenters. The van der Waals surface area contributed by atoms with Crippen molar-refractivity contribution >= 4 is 24.2 Å². The lowest BCUT2D eigenvalue weighted by molar-refractivity contribution is -0.00669. The third-order valence-electron chi connectivity index (χ3n) is 4.06. The summed E-state index contributed by atoms with van der Waals surface area (Å²) in [5.41, 5.74) is 1.44. The molecule has 25 heavy (non-hydrogen) atoms. The first kappa shape index (κ1) is 19.5. The molecule has 0 atom stereocenters. The molecule has 0 saturated carbocycles. The van der Waals surface area contributed by atoms with Crippen LogP contribution < -0.4 is 0 Å². The minimum Gasteiger partial charge on any atom is -0.445 e. The second-order valence-electron chi connectivity index (χ2n) is 6.98. The number of ether oxygens (including phenoxy) is 2. The summed E-state index contributed by atoms with van der Waals surface area (Å²) in [6.45, 7) is 7.65. The van der Waals surface area contributed by atoms with E-state index < -0.39 is 0 Å². The number of nitrogens with zero attached hydrogens (tertiary/aromatic N) is 2. The van der Waals surface area contributed by atoms with Crippen molar-refractivity contribution in [3.8, 4) is 0 Å². The van der Waals surface area contributed by atoms with Crippen molar-refractivity contribution in [3.05, 3.63) is 35.4 Å². The Bertz CT molecular complexity index is 578. The van der Waals surface area contributed by atoms with Gasteiger partial charge in [-0.3, -0.25) is 4.39 Å². The van der Waals surface area contributed by atoms with Gasteiger partial charge in [-0.1, -0.05) is 29.4 Å². The van der Waals surface area contributed by atoms with Crippen LogP contribution in [0.25, 0.3) is 0 Å². The maximum absolute atomic E-state index is 12.7. The van der Waals surface area contributed by atoms with Crippen LogP contribution in [-0.4, -0.2) is 42.0 Å². The van der Waals surface area contributed by atoms with E-state index in [0.29, 0.717) is 13.2 Å². The molecule has 6 nitrogen and oxygen atoms in total. The van der Waals surface area contributed by atoms with Crippen LogP contribution in [0.4, 0.5) is 4.79 Å². The molecule has 0 spiro atoms. The Morgan fingerprint density at radius 3 is 2.52 bits per heavy atom. The minimum absolute atomic E-state index is 0.149. The summed E-state index contributed by atoms with van der Waals surface area (Å²) in [6.07, 6.45) is 2.88. The summed E-state index contributed by atoms with van der Waals surface area (Å²) in [5, 5.41) is 3.49. The van der Waals surface area contributed by atoms with Crippen LogP contribution in [0.1, 0.15) is 44.7 Å². The Morgan fingerprint density at radius 1 is 1.32 bits per heavy atom. The predicted molar refractivity (Wildman–Crippen MR) is 96.6 cm³/mol. The highest BCUT2D eigenvalue weighted by atomic mass is 35.5. The van der Waals surface area contributed by atoms with Gasteiger partial charge in [0.2, 0.25) is 0 Å². The number of benzene rings is 1. The molecule has 1 heterocycles. The molecule has 0 radical (unpaired) electrons. The second-order valence-corrected chi connectivity index (χ2v) is 7.12. The fourth-order valence-corrected chi connectivity index (χ4v) is 2.95. The quantitative estimate of drug-likeness (QED) is 0.579. The lowest BCUT2D eigenvalue weighted by Gasteiger charge is -2.42. The number of oxime groups is 1. The van der Waals surface area contributed by atoms with E-state index in [4.69, 9.17) is 21.3 Å². The highest BCUT2D eigenvalue weighted by Gasteiger charge is 2.35. The van der Waals surface area contributed by atoms with Crippen molar-refractivity contribution < 1.29 is 18.7 Å². The molecule has 1 aliphatic heterocycles. The largest absolute Gasteiger partial charge is 0.445 e. The van der Waals surface area contributed by atoms with E-state index in [9.17, 15) is 4.79 Å². The molecule has 0 bridgehead atoms. The molecular weight excluding hydrogens is 344 g/mol. The number of carbonyl (C=O) groups is 1. The van der Waals surface area contributed by atoms with E-state index in [2.05, 4.69) is 9.55 Å². The summed E-state index contributed by atoms with van der Waals surface area (Å²) in [6, 6.07) is 7.60. The molecule has 138 valence electrons. The minimum atomic E-state index is -0.305. The zero-order valence-corrected chi connectivity index (χ0v) is 15.7. The summed E-state index contributed by atoms with van der Waals surface area (Å²) >= 11 is 5.03. The lowest BCUT2D eigenvalue weighted by atomic mass is 9.99. The molecule has 1 aromatic carbocycles. The van der Waals surface area contributed by atoms with Gasteiger partial charge in [-0.05, 0) is 44.7 Å². The van der Waals surface area contributed by atoms with Gasteiger partial charge in [0.25, 0.3) is 0 Å². The number of amides is 1. The van der Waals surface area contributed by atoms with Gasteiger partial charge < -0.3 is 14.4 Å². The van der Waals surface area contributed by atoms with Gasteiger partial charge in [-0.2, -0.15) is 0 Å². The van der Waals surface area contributed by atoms with Gasteiger partial charge in [0.15, 0.2) is 11.9 Å². The number of hydrogen-bond acceptors (Lipinski definition) is 5. The molecule has 0 N–H and O–H groups in total. The zero-order valence-electron chi connectivity index (χ0n) is 14.9. The van der Waals surface area contributed by atoms with E-state index in [1.807, 2.05) is 49.9 Å². The van der Waals surface area contributed by atoms with Crippen LogP contribution in [0.3, 0.4) is 0 Å². The standard InChI is InChI=1S/C18H25ClN2O4/c1-18(2,3)21(16-8-10-23-11-9-16)17(22)24-13-15-6-4-14(5-7-15)12-20-25-19/h4-7,12,16H,8-11,13H2,1-3H3/b20-12+. The van der Waals surface area contributed by atoms with E-state index in [1.165, 1.54) is 6.21 Å².